The number of amides is 1. The summed E-state index contributed by atoms with van der Waals surface area (Å²) in [5, 5.41) is 2.66. The lowest BCUT2D eigenvalue weighted by molar-refractivity contribution is -0.117. The van der Waals surface area contributed by atoms with Crippen molar-refractivity contribution in [1.29, 1.82) is 0 Å². The molecule has 0 fully saturated rings. The Hall–Kier alpha value is -1.44. The zero-order valence-electron chi connectivity index (χ0n) is 11.9. The Balaban J connectivity index is 2.73. The Kier molecular flexibility index (Phi) is 5.67. The highest BCUT2D eigenvalue weighted by Gasteiger charge is 2.16. The van der Waals surface area contributed by atoms with Crippen LogP contribution < -0.4 is 15.8 Å². The van der Waals surface area contributed by atoms with Crippen molar-refractivity contribution in [3.05, 3.63) is 24.3 Å². The summed E-state index contributed by atoms with van der Waals surface area (Å²) in [5.41, 5.74) is 6.29. The monoisotopic (exact) mass is 299 g/mol. The van der Waals surface area contributed by atoms with E-state index in [9.17, 15) is 13.2 Å². The van der Waals surface area contributed by atoms with Crippen molar-refractivity contribution in [2.45, 2.75) is 31.2 Å². The Morgan fingerprint density at radius 1 is 1.25 bits per heavy atom. The molecule has 1 rings (SSSR count). The molecule has 0 heterocycles. The fraction of sp³-hybridized carbons (Fsp3) is 0.462. The molecule has 112 valence electrons. The van der Waals surface area contributed by atoms with Crippen LogP contribution in [0.2, 0.25) is 0 Å². The van der Waals surface area contributed by atoms with Gasteiger partial charge in [-0.25, -0.2) is 13.1 Å². The van der Waals surface area contributed by atoms with Gasteiger partial charge in [0.05, 0.1) is 10.9 Å². The average Bonchev–Trinajstić information content (AvgIpc) is 2.38. The Morgan fingerprint density at radius 2 is 1.80 bits per heavy atom. The molecule has 0 bridgehead atoms. The predicted octanol–water partition coefficient (Wildman–Crippen LogP) is 0.907. The number of carbonyl (C=O) groups excluding carboxylic acids is 1. The molecule has 4 N–H and O–H groups in total. The average molecular weight is 299 g/mol. The van der Waals surface area contributed by atoms with E-state index in [0.29, 0.717) is 18.0 Å². The van der Waals surface area contributed by atoms with Crippen LogP contribution in [0.25, 0.3) is 0 Å². The van der Waals surface area contributed by atoms with Gasteiger partial charge < -0.3 is 11.1 Å². The van der Waals surface area contributed by atoms with Crippen molar-refractivity contribution >= 4 is 21.6 Å². The molecule has 1 amide bonds. The standard InChI is InChI=1S/C13H21N3O3S/c1-9(2)8-12(14)13(17)16-10-4-6-11(7-5-10)20(18,19)15-3/h4-7,9,12,15H,8,14H2,1-3H3,(H,16,17)/t12-/m1/s1. The minimum absolute atomic E-state index is 0.143. The fourth-order valence-electron chi connectivity index (χ4n) is 1.69. The van der Waals surface area contributed by atoms with Gasteiger partial charge in [0.2, 0.25) is 15.9 Å². The third-order valence-corrected chi connectivity index (χ3v) is 4.19. The molecule has 0 aliphatic heterocycles. The summed E-state index contributed by atoms with van der Waals surface area (Å²) in [7, 11) is -2.12. The predicted molar refractivity (Wildman–Crippen MR) is 78.7 cm³/mol. The van der Waals surface area contributed by atoms with Crippen LogP contribution in [0.3, 0.4) is 0 Å². The van der Waals surface area contributed by atoms with Crippen molar-refractivity contribution in [1.82, 2.24) is 4.72 Å². The SMILES string of the molecule is CNS(=O)(=O)c1ccc(NC(=O)[C@H](N)CC(C)C)cc1. The van der Waals surface area contributed by atoms with Gasteiger partial charge in [0, 0.05) is 5.69 Å². The number of nitrogens with one attached hydrogen (secondary N) is 2. The normalized spacial score (nSPS) is 13.2. The Morgan fingerprint density at radius 3 is 2.25 bits per heavy atom. The molecule has 0 unspecified atom stereocenters. The lowest BCUT2D eigenvalue weighted by atomic mass is 10.0. The number of rotatable bonds is 6. The van der Waals surface area contributed by atoms with Gasteiger partial charge in [-0.05, 0) is 43.7 Å². The van der Waals surface area contributed by atoms with Gasteiger partial charge in [-0.2, -0.15) is 0 Å². The molecule has 0 aromatic heterocycles. The molecule has 0 saturated carbocycles. The number of sulfonamides is 1. The maximum Gasteiger partial charge on any atom is 0.241 e. The van der Waals surface area contributed by atoms with E-state index in [2.05, 4.69) is 10.0 Å². The van der Waals surface area contributed by atoms with Crippen LogP contribution in [-0.2, 0) is 14.8 Å². The van der Waals surface area contributed by atoms with E-state index in [0.717, 1.165) is 0 Å². The van der Waals surface area contributed by atoms with E-state index < -0.39 is 16.1 Å². The van der Waals surface area contributed by atoms with Gasteiger partial charge >= 0.3 is 0 Å². The van der Waals surface area contributed by atoms with Crippen LogP contribution in [0.15, 0.2) is 29.2 Å². The van der Waals surface area contributed by atoms with Crippen molar-refractivity contribution in [3.8, 4) is 0 Å². The minimum Gasteiger partial charge on any atom is -0.325 e. The van der Waals surface area contributed by atoms with Crippen LogP contribution in [0, 0.1) is 5.92 Å². The van der Waals surface area contributed by atoms with E-state index in [1.165, 1.54) is 31.3 Å². The number of nitrogens with two attached hydrogens (primary N) is 1. The van der Waals surface area contributed by atoms with Gasteiger partial charge in [0.25, 0.3) is 0 Å². The van der Waals surface area contributed by atoms with Gasteiger partial charge in [-0.1, -0.05) is 13.8 Å². The summed E-state index contributed by atoms with van der Waals surface area (Å²) in [5.74, 6) is 0.0572. The van der Waals surface area contributed by atoms with E-state index >= 15 is 0 Å². The summed E-state index contributed by atoms with van der Waals surface area (Å²) < 4.78 is 25.3. The van der Waals surface area contributed by atoms with E-state index in [-0.39, 0.29) is 10.8 Å². The first-order valence-electron chi connectivity index (χ1n) is 6.36. The second kappa shape index (κ2) is 6.83. The van der Waals surface area contributed by atoms with Crippen LogP contribution >= 0.6 is 0 Å². The molecule has 0 aliphatic carbocycles. The summed E-state index contributed by atoms with van der Waals surface area (Å²) in [6.45, 7) is 3.98. The first-order chi connectivity index (χ1) is 9.26. The lowest BCUT2D eigenvalue weighted by Gasteiger charge is -2.14. The molecule has 0 radical (unpaired) electrons. The molecule has 0 spiro atoms. The molecule has 20 heavy (non-hydrogen) atoms. The molecule has 0 saturated heterocycles. The zero-order chi connectivity index (χ0) is 15.3. The van der Waals surface area contributed by atoms with Gasteiger partial charge in [-0.3, -0.25) is 4.79 Å². The fourth-order valence-corrected chi connectivity index (χ4v) is 2.42. The van der Waals surface area contributed by atoms with E-state index in [1.807, 2.05) is 13.8 Å². The van der Waals surface area contributed by atoms with Gasteiger partial charge in [0.1, 0.15) is 0 Å². The van der Waals surface area contributed by atoms with Crippen molar-refractivity contribution in [3.63, 3.8) is 0 Å². The molecule has 1 aromatic carbocycles. The molecule has 7 heteroatoms. The highest BCUT2D eigenvalue weighted by molar-refractivity contribution is 7.89. The second-order valence-electron chi connectivity index (χ2n) is 4.96. The molecule has 1 atom stereocenters. The molecule has 1 aromatic rings. The summed E-state index contributed by atoms with van der Waals surface area (Å²) >= 11 is 0. The smallest absolute Gasteiger partial charge is 0.241 e. The van der Waals surface area contributed by atoms with E-state index in [4.69, 9.17) is 5.73 Å². The highest BCUT2D eigenvalue weighted by Crippen LogP contribution is 2.14. The molecule has 0 aliphatic rings. The van der Waals surface area contributed by atoms with Crippen LogP contribution in [0.1, 0.15) is 20.3 Å². The summed E-state index contributed by atoms with van der Waals surface area (Å²) in [4.78, 5) is 12.0. The zero-order valence-corrected chi connectivity index (χ0v) is 12.7. The van der Waals surface area contributed by atoms with E-state index in [1.54, 1.807) is 0 Å². The minimum atomic E-state index is -3.46. The molecular formula is C13H21N3O3S. The van der Waals surface area contributed by atoms with Gasteiger partial charge in [-0.15, -0.1) is 0 Å². The van der Waals surface area contributed by atoms with Crippen LogP contribution in [0.5, 0.6) is 0 Å². The molecule has 6 nitrogen and oxygen atoms in total. The van der Waals surface area contributed by atoms with Crippen molar-refractivity contribution in [2.24, 2.45) is 11.7 Å². The van der Waals surface area contributed by atoms with Crippen LogP contribution in [0.4, 0.5) is 5.69 Å². The third kappa shape index (κ3) is 4.59. The largest absolute Gasteiger partial charge is 0.325 e. The topological polar surface area (TPSA) is 101 Å². The number of hydrogen-bond donors (Lipinski definition) is 3. The molecular weight excluding hydrogens is 278 g/mol. The summed E-state index contributed by atoms with van der Waals surface area (Å²) in [6.07, 6.45) is 0.595. The van der Waals surface area contributed by atoms with Crippen LogP contribution in [-0.4, -0.2) is 27.4 Å². The maximum atomic E-state index is 11.8. The van der Waals surface area contributed by atoms with Crippen molar-refractivity contribution in [2.75, 3.05) is 12.4 Å². The van der Waals surface area contributed by atoms with Crippen molar-refractivity contribution < 1.29 is 13.2 Å². The number of anilines is 1. The number of carbonyl (C=O) groups is 1. The Bertz CT molecular complexity index is 553. The third-order valence-electron chi connectivity index (χ3n) is 2.76. The summed E-state index contributed by atoms with van der Waals surface area (Å²) in [6, 6.07) is 5.34. The first-order valence-corrected chi connectivity index (χ1v) is 7.84. The number of hydrogen-bond acceptors (Lipinski definition) is 4. The first kappa shape index (κ1) is 16.6. The Labute approximate surface area is 119 Å². The second-order valence-corrected chi connectivity index (χ2v) is 6.84. The number of benzene rings is 1. The highest BCUT2D eigenvalue weighted by atomic mass is 32.2. The van der Waals surface area contributed by atoms with Gasteiger partial charge in [0.15, 0.2) is 0 Å². The lowest BCUT2D eigenvalue weighted by Crippen LogP contribution is -2.36. The maximum absolute atomic E-state index is 11.8. The quantitative estimate of drug-likeness (QED) is 0.726.